The van der Waals surface area contributed by atoms with Gasteiger partial charge in [0.05, 0.1) is 5.25 Å². The van der Waals surface area contributed by atoms with Crippen molar-refractivity contribution in [1.29, 1.82) is 0 Å². The molecule has 1 rings (SSSR count). The van der Waals surface area contributed by atoms with Gasteiger partial charge < -0.3 is 5.32 Å². The molecule has 0 aromatic rings. The van der Waals surface area contributed by atoms with E-state index >= 15 is 0 Å². The minimum absolute atomic E-state index is 0.300. The molecule has 0 radical (unpaired) electrons. The average molecular weight is 245 g/mol. The normalized spacial score (nSPS) is 29.0. The third-order valence-corrected chi connectivity index (χ3v) is 5.46. The highest BCUT2D eigenvalue weighted by Crippen LogP contribution is 2.23. The summed E-state index contributed by atoms with van der Waals surface area (Å²) in [4.78, 5) is 0. The van der Waals surface area contributed by atoms with Crippen molar-refractivity contribution in [1.82, 2.24) is 5.32 Å². The Morgan fingerprint density at radius 1 is 1.25 bits per heavy atom. The van der Waals surface area contributed by atoms with Crippen LogP contribution in [0.5, 0.6) is 0 Å². The van der Waals surface area contributed by atoms with Crippen LogP contribution in [0.15, 0.2) is 0 Å². The lowest BCUT2D eigenvalue weighted by molar-refractivity contribution is 0.461. The molecule has 1 saturated carbocycles. The Hall–Kier alpha value is 0.110. The predicted octanol–water partition coefficient (Wildman–Crippen LogP) is 2.84. The molecule has 0 spiro atoms. The van der Waals surface area contributed by atoms with Crippen molar-refractivity contribution in [2.24, 2.45) is 0 Å². The fourth-order valence-corrected chi connectivity index (χ4v) is 4.12. The molecule has 0 aromatic carbocycles. The topological polar surface area (TPSA) is 29.1 Å². The predicted molar refractivity (Wildman–Crippen MR) is 72.2 cm³/mol. The van der Waals surface area contributed by atoms with Gasteiger partial charge in [0.2, 0.25) is 0 Å². The highest BCUT2D eigenvalue weighted by atomic mass is 32.2. The maximum absolute atomic E-state index is 12.3. The lowest BCUT2D eigenvalue weighted by atomic mass is 10.1. The molecule has 3 atom stereocenters. The molecular weight excluding hydrogens is 218 g/mol. The van der Waals surface area contributed by atoms with Gasteiger partial charge in [-0.15, -0.1) is 0 Å². The number of hydrogen-bond donors (Lipinski definition) is 1. The molecule has 1 aliphatic carbocycles. The lowest BCUT2D eigenvalue weighted by Gasteiger charge is -2.27. The SMILES string of the molecule is CCCNC1CCCCCC1S(=O)C(C)C. The van der Waals surface area contributed by atoms with E-state index in [2.05, 4.69) is 26.1 Å². The van der Waals surface area contributed by atoms with Crippen LogP contribution in [0.1, 0.15) is 59.3 Å². The van der Waals surface area contributed by atoms with Crippen molar-refractivity contribution in [3.8, 4) is 0 Å². The van der Waals surface area contributed by atoms with E-state index < -0.39 is 10.8 Å². The molecule has 1 N–H and O–H groups in total. The van der Waals surface area contributed by atoms with Crippen molar-refractivity contribution in [2.45, 2.75) is 75.8 Å². The van der Waals surface area contributed by atoms with Gasteiger partial charge in [-0.3, -0.25) is 4.21 Å². The Kier molecular flexibility index (Phi) is 6.59. The smallest absolute Gasteiger partial charge is 0.0503 e. The van der Waals surface area contributed by atoms with Gasteiger partial charge in [-0.25, -0.2) is 0 Å². The quantitative estimate of drug-likeness (QED) is 0.755. The highest BCUT2D eigenvalue weighted by molar-refractivity contribution is 7.86. The van der Waals surface area contributed by atoms with Crippen molar-refractivity contribution in [3.63, 3.8) is 0 Å². The van der Waals surface area contributed by atoms with E-state index in [4.69, 9.17) is 0 Å². The molecule has 0 aromatic heterocycles. The number of hydrogen-bond acceptors (Lipinski definition) is 2. The van der Waals surface area contributed by atoms with Gasteiger partial charge in [0.1, 0.15) is 0 Å². The molecule has 1 fully saturated rings. The van der Waals surface area contributed by atoms with Crippen LogP contribution < -0.4 is 5.32 Å². The molecule has 3 heteroatoms. The first kappa shape index (κ1) is 14.2. The molecule has 1 aliphatic rings. The monoisotopic (exact) mass is 245 g/mol. The first-order chi connectivity index (χ1) is 7.66. The molecule has 2 nitrogen and oxygen atoms in total. The molecular formula is C13H27NOS. The van der Waals surface area contributed by atoms with Gasteiger partial charge in [-0.1, -0.05) is 40.0 Å². The van der Waals surface area contributed by atoms with E-state index in [1.54, 1.807) is 0 Å². The van der Waals surface area contributed by atoms with E-state index in [9.17, 15) is 4.21 Å². The molecule has 0 bridgehead atoms. The van der Waals surface area contributed by atoms with Gasteiger partial charge in [-0.05, 0) is 25.8 Å². The first-order valence-corrected chi connectivity index (χ1v) is 8.07. The van der Waals surface area contributed by atoms with Gasteiger partial charge in [-0.2, -0.15) is 0 Å². The number of rotatable bonds is 5. The van der Waals surface area contributed by atoms with Crippen molar-refractivity contribution in [3.05, 3.63) is 0 Å². The molecule has 0 saturated heterocycles. The Balaban J connectivity index is 2.61. The van der Waals surface area contributed by atoms with Gasteiger partial charge in [0.15, 0.2) is 0 Å². The molecule has 0 aliphatic heterocycles. The van der Waals surface area contributed by atoms with Crippen molar-refractivity contribution >= 4 is 10.8 Å². The van der Waals surface area contributed by atoms with Crippen molar-refractivity contribution in [2.75, 3.05) is 6.54 Å². The molecule has 16 heavy (non-hydrogen) atoms. The summed E-state index contributed by atoms with van der Waals surface area (Å²) in [5.74, 6) is 0. The second-order valence-corrected chi connectivity index (χ2v) is 7.32. The minimum Gasteiger partial charge on any atom is -0.313 e. The second-order valence-electron chi connectivity index (χ2n) is 5.11. The van der Waals surface area contributed by atoms with Crippen LogP contribution in [-0.4, -0.2) is 27.3 Å². The third kappa shape index (κ3) is 4.17. The van der Waals surface area contributed by atoms with Crippen LogP contribution in [0.3, 0.4) is 0 Å². The Bertz CT molecular complexity index is 218. The van der Waals surface area contributed by atoms with E-state index in [0.717, 1.165) is 19.4 Å². The van der Waals surface area contributed by atoms with Crippen LogP contribution in [-0.2, 0) is 10.8 Å². The zero-order valence-corrected chi connectivity index (χ0v) is 11.8. The highest BCUT2D eigenvalue weighted by Gasteiger charge is 2.29. The fraction of sp³-hybridized carbons (Fsp3) is 1.00. The molecule has 3 unspecified atom stereocenters. The summed E-state index contributed by atoms with van der Waals surface area (Å²) in [6.45, 7) is 7.42. The van der Waals surface area contributed by atoms with Crippen LogP contribution >= 0.6 is 0 Å². The Labute approximate surface area is 103 Å². The lowest BCUT2D eigenvalue weighted by Crippen LogP contribution is -2.43. The van der Waals surface area contributed by atoms with Crippen LogP contribution in [0.2, 0.25) is 0 Å². The maximum Gasteiger partial charge on any atom is 0.0503 e. The Morgan fingerprint density at radius 2 is 1.94 bits per heavy atom. The summed E-state index contributed by atoms with van der Waals surface area (Å²) in [5, 5.41) is 4.29. The van der Waals surface area contributed by atoms with Gasteiger partial charge in [0.25, 0.3) is 0 Å². The van der Waals surface area contributed by atoms with Crippen molar-refractivity contribution < 1.29 is 4.21 Å². The van der Waals surface area contributed by atoms with E-state index in [1.807, 2.05) is 0 Å². The molecule has 0 heterocycles. The average Bonchev–Trinajstić information content (AvgIpc) is 2.50. The summed E-state index contributed by atoms with van der Waals surface area (Å²) in [5.41, 5.74) is 0. The standard InChI is InChI=1S/C13H27NOS/c1-4-10-14-12-8-6-5-7-9-13(12)16(15)11(2)3/h11-14H,4-10H2,1-3H3. The summed E-state index contributed by atoms with van der Waals surface area (Å²) >= 11 is 0. The van der Waals surface area contributed by atoms with E-state index in [-0.39, 0.29) is 0 Å². The summed E-state index contributed by atoms with van der Waals surface area (Å²) in [6, 6.07) is 0.491. The minimum atomic E-state index is -0.665. The third-order valence-electron chi connectivity index (χ3n) is 3.37. The van der Waals surface area contributed by atoms with Crippen LogP contribution in [0.25, 0.3) is 0 Å². The van der Waals surface area contributed by atoms with Gasteiger partial charge >= 0.3 is 0 Å². The summed E-state index contributed by atoms with van der Waals surface area (Å²) in [7, 11) is -0.665. The first-order valence-electron chi connectivity index (χ1n) is 6.79. The second kappa shape index (κ2) is 7.44. The van der Waals surface area contributed by atoms with Gasteiger partial charge in [0, 0.05) is 22.1 Å². The zero-order valence-electron chi connectivity index (χ0n) is 11.0. The van der Waals surface area contributed by atoms with E-state index in [1.165, 1.54) is 25.7 Å². The largest absolute Gasteiger partial charge is 0.313 e. The summed E-state index contributed by atoms with van der Waals surface area (Å²) < 4.78 is 12.3. The van der Waals surface area contributed by atoms with E-state index in [0.29, 0.717) is 16.5 Å². The zero-order chi connectivity index (χ0) is 12.0. The Morgan fingerprint density at radius 3 is 2.56 bits per heavy atom. The van der Waals surface area contributed by atoms with Crippen LogP contribution in [0, 0.1) is 0 Å². The number of nitrogens with one attached hydrogen (secondary N) is 1. The molecule has 0 amide bonds. The summed E-state index contributed by atoms with van der Waals surface area (Å²) in [6.07, 6.45) is 7.39. The molecule has 96 valence electrons. The maximum atomic E-state index is 12.3. The fourth-order valence-electron chi connectivity index (χ4n) is 2.46. The van der Waals surface area contributed by atoms with Crippen LogP contribution in [0.4, 0.5) is 0 Å².